The number of likely N-dealkylation sites (tertiary alicyclic amines) is 1. The summed E-state index contributed by atoms with van der Waals surface area (Å²) < 4.78 is 11.1. The zero-order valence-corrected chi connectivity index (χ0v) is 13.1. The Morgan fingerprint density at radius 3 is 2.79 bits per heavy atom. The normalized spacial score (nSPS) is 17.8. The molecule has 0 bridgehead atoms. The van der Waals surface area contributed by atoms with E-state index in [9.17, 15) is 4.79 Å². The average molecular weight is 323 g/mol. The van der Waals surface area contributed by atoms with Gasteiger partial charge in [0.1, 0.15) is 0 Å². The van der Waals surface area contributed by atoms with Crippen molar-refractivity contribution in [2.75, 3.05) is 13.1 Å². The maximum absolute atomic E-state index is 12.4. The van der Waals surface area contributed by atoms with E-state index < -0.39 is 0 Å². The zero-order chi connectivity index (χ0) is 16.4. The summed E-state index contributed by atoms with van der Waals surface area (Å²) in [7, 11) is 0. The molecule has 1 unspecified atom stereocenters. The lowest BCUT2D eigenvalue weighted by molar-refractivity contribution is 0.0666. The monoisotopic (exact) mass is 323 g/mol. The van der Waals surface area contributed by atoms with Crippen LogP contribution in [0.3, 0.4) is 0 Å². The molecular formula is C18H17N3O3. The van der Waals surface area contributed by atoms with Gasteiger partial charge >= 0.3 is 0 Å². The second-order valence-electron chi connectivity index (χ2n) is 5.88. The molecule has 1 saturated heterocycles. The Bertz CT molecular complexity index is 811. The minimum atomic E-state index is -0.0903. The zero-order valence-electron chi connectivity index (χ0n) is 13.1. The van der Waals surface area contributed by atoms with Gasteiger partial charge in [-0.05, 0) is 37.1 Å². The second kappa shape index (κ2) is 6.31. The van der Waals surface area contributed by atoms with Crippen molar-refractivity contribution >= 4 is 5.91 Å². The number of aromatic nitrogens is 2. The van der Waals surface area contributed by atoms with Crippen molar-refractivity contribution in [3.63, 3.8) is 0 Å². The first-order valence-corrected chi connectivity index (χ1v) is 8.03. The molecule has 1 aliphatic heterocycles. The van der Waals surface area contributed by atoms with Gasteiger partial charge < -0.3 is 13.7 Å². The lowest BCUT2D eigenvalue weighted by atomic mass is 9.98. The van der Waals surface area contributed by atoms with Crippen LogP contribution in [-0.4, -0.2) is 34.1 Å². The van der Waals surface area contributed by atoms with Crippen molar-refractivity contribution in [2.45, 2.75) is 18.8 Å². The van der Waals surface area contributed by atoms with Crippen molar-refractivity contribution in [3.05, 3.63) is 60.4 Å². The van der Waals surface area contributed by atoms with E-state index >= 15 is 0 Å². The SMILES string of the molecule is O=C(c1ccco1)N1CCCC(c2nnc(-c3ccccc3)o2)C1. The van der Waals surface area contributed by atoms with Gasteiger partial charge in [-0.15, -0.1) is 10.2 Å². The number of amides is 1. The third-order valence-electron chi connectivity index (χ3n) is 4.25. The van der Waals surface area contributed by atoms with Gasteiger partial charge in [0.2, 0.25) is 11.8 Å². The van der Waals surface area contributed by atoms with Crippen molar-refractivity contribution in [2.24, 2.45) is 0 Å². The fourth-order valence-corrected chi connectivity index (χ4v) is 3.02. The predicted molar refractivity (Wildman–Crippen MR) is 86.3 cm³/mol. The molecule has 1 aliphatic rings. The highest BCUT2D eigenvalue weighted by Gasteiger charge is 2.29. The molecule has 3 heterocycles. The first kappa shape index (κ1) is 14.7. The van der Waals surface area contributed by atoms with Gasteiger partial charge in [-0.1, -0.05) is 18.2 Å². The lowest BCUT2D eigenvalue weighted by Crippen LogP contribution is -2.39. The van der Waals surface area contributed by atoms with Crippen LogP contribution in [0.1, 0.15) is 35.2 Å². The number of rotatable bonds is 3. The number of benzene rings is 1. The number of carbonyl (C=O) groups excluding carboxylic acids is 1. The summed E-state index contributed by atoms with van der Waals surface area (Å²) in [6.07, 6.45) is 3.34. The summed E-state index contributed by atoms with van der Waals surface area (Å²) in [5, 5.41) is 8.34. The number of hydrogen-bond donors (Lipinski definition) is 0. The van der Waals surface area contributed by atoms with Crippen LogP contribution < -0.4 is 0 Å². The van der Waals surface area contributed by atoms with Gasteiger partial charge in [-0.3, -0.25) is 4.79 Å². The Morgan fingerprint density at radius 1 is 1.12 bits per heavy atom. The third kappa shape index (κ3) is 2.82. The van der Waals surface area contributed by atoms with Crippen LogP contribution in [0.15, 0.2) is 57.6 Å². The summed E-state index contributed by atoms with van der Waals surface area (Å²) >= 11 is 0. The molecule has 1 fully saturated rings. The highest BCUT2D eigenvalue weighted by atomic mass is 16.4. The van der Waals surface area contributed by atoms with E-state index in [4.69, 9.17) is 8.83 Å². The minimum absolute atomic E-state index is 0.0580. The quantitative estimate of drug-likeness (QED) is 0.739. The largest absolute Gasteiger partial charge is 0.459 e. The molecule has 24 heavy (non-hydrogen) atoms. The predicted octanol–water partition coefficient (Wildman–Crippen LogP) is 3.35. The van der Waals surface area contributed by atoms with E-state index in [1.54, 1.807) is 17.0 Å². The van der Waals surface area contributed by atoms with Crippen molar-refractivity contribution in [1.82, 2.24) is 15.1 Å². The molecular weight excluding hydrogens is 306 g/mol. The third-order valence-corrected chi connectivity index (χ3v) is 4.25. The van der Waals surface area contributed by atoms with Crippen LogP contribution in [0.25, 0.3) is 11.5 Å². The van der Waals surface area contributed by atoms with Crippen LogP contribution in [0.2, 0.25) is 0 Å². The van der Waals surface area contributed by atoms with Gasteiger partial charge in [0.25, 0.3) is 5.91 Å². The molecule has 1 aromatic carbocycles. The minimum Gasteiger partial charge on any atom is -0.459 e. The Labute approximate surface area is 139 Å². The molecule has 122 valence electrons. The van der Waals surface area contributed by atoms with Gasteiger partial charge in [0.05, 0.1) is 12.2 Å². The van der Waals surface area contributed by atoms with Crippen LogP contribution in [0.5, 0.6) is 0 Å². The Kier molecular flexibility index (Phi) is 3.86. The molecule has 0 radical (unpaired) electrons. The summed E-state index contributed by atoms with van der Waals surface area (Å²) in [6.45, 7) is 1.28. The topological polar surface area (TPSA) is 72.4 Å². The van der Waals surface area contributed by atoms with E-state index in [0.29, 0.717) is 24.1 Å². The van der Waals surface area contributed by atoms with Crippen molar-refractivity contribution in [3.8, 4) is 11.5 Å². The molecule has 1 amide bonds. The van der Waals surface area contributed by atoms with Gasteiger partial charge in [0.15, 0.2) is 5.76 Å². The Balaban J connectivity index is 1.50. The van der Waals surface area contributed by atoms with Crippen LogP contribution >= 0.6 is 0 Å². The smallest absolute Gasteiger partial charge is 0.289 e. The Hall–Kier alpha value is -2.89. The molecule has 3 aromatic rings. The highest BCUT2D eigenvalue weighted by molar-refractivity contribution is 5.91. The van der Waals surface area contributed by atoms with E-state index in [2.05, 4.69) is 10.2 Å². The maximum Gasteiger partial charge on any atom is 0.289 e. The summed E-state index contributed by atoms with van der Waals surface area (Å²) in [4.78, 5) is 14.2. The second-order valence-corrected chi connectivity index (χ2v) is 5.88. The number of piperidine rings is 1. The fourth-order valence-electron chi connectivity index (χ4n) is 3.02. The van der Waals surface area contributed by atoms with Crippen LogP contribution in [0, 0.1) is 0 Å². The van der Waals surface area contributed by atoms with Gasteiger partial charge in [-0.25, -0.2) is 0 Å². The number of furan rings is 1. The standard InChI is InChI=1S/C18H17N3O3/c22-18(15-9-5-11-23-15)21-10-4-8-14(12-21)17-20-19-16(24-17)13-6-2-1-3-7-13/h1-3,5-7,9,11,14H,4,8,10,12H2. The maximum atomic E-state index is 12.4. The number of carbonyl (C=O) groups is 1. The van der Waals surface area contributed by atoms with Crippen LogP contribution in [-0.2, 0) is 0 Å². The molecule has 0 N–H and O–H groups in total. The molecule has 0 saturated carbocycles. The molecule has 6 nitrogen and oxygen atoms in total. The van der Waals surface area contributed by atoms with E-state index in [1.807, 2.05) is 30.3 Å². The van der Waals surface area contributed by atoms with Crippen molar-refractivity contribution in [1.29, 1.82) is 0 Å². The van der Waals surface area contributed by atoms with E-state index in [1.165, 1.54) is 6.26 Å². The number of hydrogen-bond acceptors (Lipinski definition) is 5. The summed E-state index contributed by atoms with van der Waals surface area (Å²) in [5.74, 6) is 1.44. The first-order valence-electron chi connectivity index (χ1n) is 8.03. The Morgan fingerprint density at radius 2 is 2.00 bits per heavy atom. The van der Waals surface area contributed by atoms with Gasteiger partial charge in [0, 0.05) is 18.7 Å². The highest BCUT2D eigenvalue weighted by Crippen LogP contribution is 2.29. The van der Waals surface area contributed by atoms with Crippen molar-refractivity contribution < 1.29 is 13.6 Å². The molecule has 2 aromatic heterocycles. The molecule has 6 heteroatoms. The average Bonchev–Trinajstić information content (AvgIpc) is 3.34. The van der Waals surface area contributed by atoms with E-state index in [0.717, 1.165) is 24.9 Å². The molecule has 0 spiro atoms. The lowest BCUT2D eigenvalue weighted by Gasteiger charge is -2.30. The summed E-state index contributed by atoms with van der Waals surface area (Å²) in [5.41, 5.74) is 0.899. The molecule has 1 atom stereocenters. The first-order chi connectivity index (χ1) is 11.8. The molecule has 4 rings (SSSR count). The van der Waals surface area contributed by atoms with E-state index in [-0.39, 0.29) is 11.8 Å². The molecule has 0 aliphatic carbocycles. The van der Waals surface area contributed by atoms with Crippen LogP contribution in [0.4, 0.5) is 0 Å². The summed E-state index contributed by atoms with van der Waals surface area (Å²) in [6, 6.07) is 13.1. The number of nitrogens with zero attached hydrogens (tertiary/aromatic N) is 3. The fraction of sp³-hybridized carbons (Fsp3) is 0.278. The van der Waals surface area contributed by atoms with Gasteiger partial charge in [-0.2, -0.15) is 0 Å².